The number of halogens is 1. The first-order valence-electron chi connectivity index (χ1n) is 10.6. The Hall–Kier alpha value is -2.38. The highest BCUT2D eigenvalue weighted by Crippen LogP contribution is 2.42. The van der Waals surface area contributed by atoms with Crippen molar-refractivity contribution in [2.45, 2.75) is 19.9 Å². The highest BCUT2D eigenvalue weighted by Gasteiger charge is 2.30. The molecule has 2 aromatic carbocycles. The van der Waals surface area contributed by atoms with E-state index in [2.05, 4.69) is 36.2 Å². The summed E-state index contributed by atoms with van der Waals surface area (Å²) < 4.78 is 10.8. The molecule has 1 saturated heterocycles. The van der Waals surface area contributed by atoms with Gasteiger partial charge in [0.15, 0.2) is 0 Å². The third kappa shape index (κ3) is 4.84. The second-order valence-electron chi connectivity index (χ2n) is 7.81. The van der Waals surface area contributed by atoms with E-state index < -0.39 is 0 Å². The molecule has 3 aromatic rings. The van der Waals surface area contributed by atoms with Crippen molar-refractivity contribution in [1.29, 1.82) is 0 Å². The van der Waals surface area contributed by atoms with Crippen LogP contribution in [0.2, 0.25) is 5.02 Å². The molecule has 4 rings (SSSR count). The number of thiophene rings is 1. The summed E-state index contributed by atoms with van der Waals surface area (Å²) in [4.78, 5) is 16.7. The quantitative estimate of drug-likeness (QED) is 0.502. The molecule has 2 heterocycles. The van der Waals surface area contributed by atoms with Crippen molar-refractivity contribution in [3.8, 4) is 5.75 Å². The molecule has 1 atom stereocenters. The zero-order valence-electron chi connectivity index (χ0n) is 18.5. The molecule has 7 heteroatoms. The van der Waals surface area contributed by atoms with Crippen LogP contribution in [0, 0.1) is 13.8 Å². The minimum absolute atomic E-state index is 0.00674. The van der Waals surface area contributed by atoms with Crippen LogP contribution in [-0.2, 0) is 4.74 Å². The van der Waals surface area contributed by atoms with Gasteiger partial charge in [-0.1, -0.05) is 23.7 Å². The summed E-state index contributed by atoms with van der Waals surface area (Å²) in [5, 5.41) is 4.77. The Balaban J connectivity index is 1.72. The van der Waals surface area contributed by atoms with Crippen LogP contribution in [0.25, 0.3) is 0 Å². The average molecular weight is 471 g/mol. The van der Waals surface area contributed by atoms with Crippen LogP contribution in [0.1, 0.15) is 38.0 Å². The zero-order valence-corrected chi connectivity index (χ0v) is 20.1. The number of ether oxygens (including phenoxy) is 2. The highest BCUT2D eigenvalue weighted by atomic mass is 35.5. The smallest absolute Gasteiger partial charge is 0.256 e. The van der Waals surface area contributed by atoms with Crippen LogP contribution < -0.4 is 10.1 Å². The minimum atomic E-state index is -0.132. The maximum absolute atomic E-state index is 13.1. The molecule has 1 fully saturated rings. The Morgan fingerprint density at radius 3 is 2.38 bits per heavy atom. The summed E-state index contributed by atoms with van der Waals surface area (Å²) in [5.41, 5.74) is 4.08. The molecule has 5 nitrogen and oxygen atoms in total. The van der Waals surface area contributed by atoms with Crippen molar-refractivity contribution < 1.29 is 14.3 Å². The van der Waals surface area contributed by atoms with Gasteiger partial charge in [0, 0.05) is 34.1 Å². The third-order valence-corrected chi connectivity index (χ3v) is 7.27. The molecule has 0 spiro atoms. The molecular weight excluding hydrogens is 444 g/mol. The second-order valence-corrected chi connectivity index (χ2v) is 9.47. The fourth-order valence-electron chi connectivity index (χ4n) is 4.03. The van der Waals surface area contributed by atoms with Crippen molar-refractivity contribution in [1.82, 2.24) is 4.90 Å². The van der Waals surface area contributed by atoms with Gasteiger partial charge in [-0.25, -0.2) is 0 Å². The SMILES string of the molecule is COc1ccc(C(=O)Nc2sc(C)c(C)c2[C@H](c2ccc(Cl)cc2)N2CCOCC2)cc1. The van der Waals surface area contributed by atoms with Crippen LogP contribution in [0.5, 0.6) is 5.75 Å². The fraction of sp³-hybridized carbons (Fsp3) is 0.320. The molecule has 0 saturated carbocycles. The largest absolute Gasteiger partial charge is 0.497 e. The van der Waals surface area contributed by atoms with E-state index in [9.17, 15) is 4.79 Å². The first-order valence-corrected chi connectivity index (χ1v) is 11.8. The predicted octanol–water partition coefficient (Wildman–Crippen LogP) is 5.70. The van der Waals surface area contributed by atoms with Crippen LogP contribution >= 0.6 is 22.9 Å². The number of morpholine rings is 1. The molecule has 0 unspecified atom stereocenters. The summed E-state index contributed by atoms with van der Waals surface area (Å²) in [7, 11) is 1.61. The number of amides is 1. The van der Waals surface area contributed by atoms with Gasteiger partial charge < -0.3 is 14.8 Å². The second kappa shape index (κ2) is 10.0. The van der Waals surface area contributed by atoms with Gasteiger partial charge in [-0.2, -0.15) is 0 Å². The first kappa shape index (κ1) is 22.8. The number of carbonyl (C=O) groups excluding carboxylic acids is 1. The number of anilines is 1. The lowest BCUT2D eigenvalue weighted by Crippen LogP contribution is -2.39. The zero-order chi connectivity index (χ0) is 22.7. The number of nitrogens with zero attached hydrogens (tertiary/aromatic N) is 1. The van der Waals surface area contributed by atoms with Crippen molar-refractivity contribution in [2.75, 3.05) is 38.7 Å². The maximum atomic E-state index is 13.1. The number of methoxy groups -OCH3 is 1. The monoisotopic (exact) mass is 470 g/mol. The molecule has 1 N–H and O–H groups in total. The van der Waals surface area contributed by atoms with E-state index in [-0.39, 0.29) is 11.9 Å². The fourth-order valence-corrected chi connectivity index (χ4v) is 5.24. The molecule has 0 bridgehead atoms. The molecule has 1 aliphatic heterocycles. The van der Waals surface area contributed by atoms with Crippen LogP contribution in [0.3, 0.4) is 0 Å². The number of rotatable bonds is 6. The lowest BCUT2D eigenvalue weighted by Gasteiger charge is -2.35. The number of benzene rings is 2. The maximum Gasteiger partial charge on any atom is 0.256 e. The molecular formula is C25H27ClN2O3S. The lowest BCUT2D eigenvalue weighted by atomic mass is 9.94. The number of nitrogens with one attached hydrogen (secondary N) is 1. The number of hydrogen-bond donors (Lipinski definition) is 1. The molecule has 0 aliphatic carbocycles. The lowest BCUT2D eigenvalue weighted by molar-refractivity contribution is 0.0240. The van der Waals surface area contributed by atoms with E-state index in [0.717, 1.165) is 35.0 Å². The number of hydrogen-bond acceptors (Lipinski definition) is 5. The van der Waals surface area contributed by atoms with Crippen molar-refractivity contribution >= 4 is 33.8 Å². The Labute approximate surface area is 197 Å². The molecule has 1 aliphatic rings. The van der Waals surface area contributed by atoms with E-state index in [0.29, 0.717) is 23.8 Å². The van der Waals surface area contributed by atoms with E-state index in [1.54, 1.807) is 42.7 Å². The predicted molar refractivity (Wildman–Crippen MR) is 130 cm³/mol. The summed E-state index contributed by atoms with van der Waals surface area (Å²) in [5.74, 6) is 0.590. The normalized spacial score (nSPS) is 15.4. The van der Waals surface area contributed by atoms with Gasteiger partial charge in [0.2, 0.25) is 0 Å². The molecule has 1 aromatic heterocycles. The molecule has 32 heavy (non-hydrogen) atoms. The number of carbonyl (C=O) groups is 1. The van der Waals surface area contributed by atoms with Crippen LogP contribution in [-0.4, -0.2) is 44.2 Å². The van der Waals surface area contributed by atoms with Gasteiger partial charge in [-0.3, -0.25) is 9.69 Å². The first-order chi connectivity index (χ1) is 15.5. The summed E-state index contributed by atoms with van der Waals surface area (Å²) in [6.45, 7) is 7.28. The topological polar surface area (TPSA) is 50.8 Å². The van der Waals surface area contributed by atoms with E-state index in [1.165, 1.54) is 10.4 Å². The van der Waals surface area contributed by atoms with Crippen molar-refractivity contribution in [3.63, 3.8) is 0 Å². The Morgan fingerprint density at radius 2 is 1.75 bits per heavy atom. The summed E-state index contributed by atoms with van der Waals surface area (Å²) >= 11 is 7.80. The minimum Gasteiger partial charge on any atom is -0.497 e. The Morgan fingerprint density at radius 1 is 1.09 bits per heavy atom. The van der Waals surface area contributed by atoms with Gasteiger partial charge in [-0.15, -0.1) is 11.3 Å². The van der Waals surface area contributed by atoms with Crippen LogP contribution in [0.15, 0.2) is 48.5 Å². The average Bonchev–Trinajstić information content (AvgIpc) is 3.09. The third-order valence-electron chi connectivity index (χ3n) is 5.88. The van der Waals surface area contributed by atoms with Crippen molar-refractivity contribution in [2.24, 2.45) is 0 Å². The number of aryl methyl sites for hydroxylation is 1. The summed E-state index contributed by atoms with van der Waals surface area (Å²) in [6, 6.07) is 15.2. The standard InChI is InChI=1S/C25H27ClN2O3S/c1-16-17(2)32-25(27-24(29)19-6-10-21(30-3)11-7-19)22(16)23(28-12-14-31-15-13-28)18-4-8-20(26)9-5-18/h4-11,23H,12-15H2,1-3H3,(H,27,29)/t23-/m0/s1. The molecule has 0 radical (unpaired) electrons. The molecule has 1 amide bonds. The van der Waals surface area contributed by atoms with Crippen molar-refractivity contribution in [3.05, 3.63) is 80.7 Å². The van der Waals surface area contributed by atoms with E-state index >= 15 is 0 Å². The van der Waals surface area contributed by atoms with E-state index in [4.69, 9.17) is 21.1 Å². The van der Waals surface area contributed by atoms with Crippen LogP contribution in [0.4, 0.5) is 5.00 Å². The Bertz CT molecular complexity index is 1070. The van der Waals surface area contributed by atoms with Gasteiger partial charge >= 0.3 is 0 Å². The molecule has 168 valence electrons. The van der Waals surface area contributed by atoms with Gasteiger partial charge in [-0.05, 0) is 61.4 Å². The van der Waals surface area contributed by atoms with Gasteiger partial charge in [0.25, 0.3) is 5.91 Å². The van der Waals surface area contributed by atoms with Gasteiger partial charge in [0.05, 0.1) is 26.4 Å². The van der Waals surface area contributed by atoms with E-state index in [1.807, 2.05) is 12.1 Å². The van der Waals surface area contributed by atoms with Gasteiger partial charge in [0.1, 0.15) is 10.8 Å². The highest BCUT2D eigenvalue weighted by molar-refractivity contribution is 7.16. The summed E-state index contributed by atoms with van der Waals surface area (Å²) in [6.07, 6.45) is 0. The Kier molecular flexibility index (Phi) is 7.16.